The summed E-state index contributed by atoms with van der Waals surface area (Å²) in [5.74, 6) is 0.416. The molecule has 0 unspecified atom stereocenters. The molecule has 0 radical (unpaired) electrons. The van der Waals surface area contributed by atoms with E-state index in [1.807, 2.05) is 45.0 Å². The van der Waals surface area contributed by atoms with Gasteiger partial charge in [0.25, 0.3) is 0 Å². The van der Waals surface area contributed by atoms with Crippen molar-refractivity contribution in [2.75, 3.05) is 0 Å². The zero-order chi connectivity index (χ0) is 15.0. The number of aromatic nitrogens is 1. The van der Waals surface area contributed by atoms with Crippen molar-refractivity contribution in [2.45, 2.75) is 34.3 Å². The summed E-state index contributed by atoms with van der Waals surface area (Å²) in [7, 11) is 0. The summed E-state index contributed by atoms with van der Waals surface area (Å²) in [5.41, 5.74) is 2.72. The van der Waals surface area contributed by atoms with Gasteiger partial charge in [0.2, 0.25) is 5.88 Å². The lowest BCUT2D eigenvalue weighted by Gasteiger charge is -2.06. The number of hydrogen-bond acceptors (Lipinski definition) is 3. The largest absolute Gasteiger partial charge is 0.473 e. The second-order valence-corrected chi connectivity index (χ2v) is 4.19. The quantitative estimate of drug-likeness (QED) is 0.782. The van der Waals surface area contributed by atoms with E-state index in [4.69, 9.17) is 4.74 Å². The van der Waals surface area contributed by atoms with Crippen LogP contribution in [0.15, 0.2) is 42.5 Å². The van der Waals surface area contributed by atoms with E-state index in [1.54, 1.807) is 18.2 Å². The molecule has 2 aromatic rings. The highest BCUT2D eigenvalue weighted by Crippen LogP contribution is 2.11. The van der Waals surface area contributed by atoms with E-state index in [0.717, 1.165) is 5.56 Å². The first-order valence-corrected chi connectivity index (χ1v) is 6.81. The number of rotatable bonds is 4. The molecule has 0 saturated heterocycles. The van der Waals surface area contributed by atoms with Crippen LogP contribution in [-0.2, 0) is 6.61 Å². The maximum atomic E-state index is 11.2. The fourth-order valence-electron chi connectivity index (χ4n) is 1.53. The van der Waals surface area contributed by atoms with Crippen LogP contribution in [0.1, 0.15) is 42.4 Å². The Morgan fingerprint density at radius 3 is 2.35 bits per heavy atom. The zero-order valence-corrected chi connectivity index (χ0v) is 12.5. The highest BCUT2D eigenvalue weighted by molar-refractivity contribution is 5.92. The number of ether oxygens (including phenoxy) is 1. The number of nitrogens with zero attached hydrogens (tertiary/aromatic N) is 1. The van der Waals surface area contributed by atoms with Crippen LogP contribution in [-0.4, -0.2) is 10.8 Å². The average molecular weight is 271 g/mol. The number of pyridine rings is 1. The Bertz CT molecular complexity index is 547. The van der Waals surface area contributed by atoms with Gasteiger partial charge in [-0.15, -0.1) is 0 Å². The van der Waals surface area contributed by atoms with Crippen LogP contribution >= 0.6 is 0 Å². The maximum absolute atomic E-state index is 11.2. The molecule has 2 rings (SSSR count). The van der Waals surface area contributed by atoms with E-state index in [0.29, 0.717) is 18.2 Å². The molecule has 3 heteroatoms. The van der Waals surface area contributed by atoms with E-state index >= 15 is 0 Å². The van der Waals surface area contributed by atoms with Crippen LogP contribution in [0.4, 0.5) is 0 Å². The molecule has 0 saturated carbocycles. The van der Waals surface area contributed by atoms with Gasteiger partial charge >= 0.3 is 0 Å². The van der Waals surface area contributed by atoms with Crippen molar-refractivity contribution >= 4 is 5.78 Å². The first kappa shape index (κ1) is 15.9. The van der Waals surface area contributed by atoms with Crippen molar-refractivity contribution < 1.29 is 9.53 Å². The maximum Gasteiger partial charge on any atom is 0.214 e. The molecule has 0 amide bonds. The van der Waals surface area contributed by atoms with E-state index in [2.05, 4.69) is 4.98 Å². The third-order valence-electron chi connectivity index (χ3n) is 2.59. The molecular formula is C17H21NO2. The molecule has 0 aliphatic rings. The SMILES string of the molecule is CC.CC(=O)c1cccc(OCc2ccc(C)cc2)n1. The summed E-state index contributed by atoms with van der Waals surface area (Å²) in [6, 6.07) is 13.3. The second-order valence-electron chi connectivity index (χ2n) is 4.19. The minimum atomic E-state index is -0.0595. The van der Waals surface area contributed by atoms with Gasteiger partial charge in [-0.1, -0.05) is 49.7 Å². The molecule has 0 aliphatic heterocycles. The summed E-state index contributed by atoms with van der Waals surface area (Å²) in [5, 5.41) is 0. The minimum Gasteiger partial charge on any atom is -0.473 e. The molecular weight excluding hydrogens is 250 g/mol. The molecule has 1 aromatic carbocycles. The Labute approximate surface area is 120 Å². The van der Waals surface area contributed by atoms with E-state index in [-0.39, 0.29) is 5.78 Å². The molecule has 0 fully saturated rings. The van der Waals surface area contributed by atoms with Gasteiger partial charge in [0, 0.05) is 13.0 Å². The number of Topliss-reactive ketones (excluding diaryl/α,β-unsaturated/α-hetero) is 1. The first-order chi connectivity index (χ1) is 9.65. The number of carbonyl (C=O) groups excluding carboxylic acids is 1. The zero-order valence-electron chi connectivity index (χ0n) is 12.5. The van der Waals surface area contributed by atoms with Crippen molar-refractivity contribution in [3.8, 4) is 5.88 Å². The Kier molecular flexibility index (Phi) is 6.44. The standard InChI is InChI=1S/C15H15NO2.C2H6/c1-11-6-8-13(9-7-11)10-18-15-5-3-4-14(16-15)12(2)17;1-2/h3-9H,10H2,1-2H3;1-2H3. The molecule has 106 valence electrons. The normalized spacial score (nSPS) is 9.40. The molecule has 0 bridgehead atoms. The van der Waals surface area contributed by atoms with Gasteiger partial charge in [-0.3, -0.25) is 4.79 Å². The van der Waals surface area contributed by atoms with Crippen molar-refractivity contribution in [1.82, 2.24) is 4.98 Å². The van der Waals surface area contributed by atoms with Crippen molar-refractivity contribution in [3.63, 3.8) is 0 Å². The van der Waals surface area contributed by atoms with Crippen molar-refractivity contribution in [3.05, 3.63) is 59.3 Å². The van der Waals surface area contributed by atoms with Gasteiger partial charge < -0.3 is 4.74 Å². The fourth-order valence-corrected chi connectivity index (χ4v) is 1.53. The van der Waals surface area contributed by atoms with E-state index in [1.165, 1.54) is 12.5 Å². The van der Waals surface area contributed by atoms with Crippen LogP contribution < -0.4 is 4.74 Å². The Hall–Kier alpha value is -2.16. The lowest BCUT2D eigenvalue weighted by molar-refractivity contribution is 0.101. The number of hydrogen-bond donors (Lipinski definition) is 0. The number of aryl methyl sites for hydroxylation is 1. The Morgan fingerprint density at radius 1 is 1.10 bits per heavy atom. The summed E-state index contributed by atoms with van der Waals surface area (Å²) < 4.78 is 5.56. The smallest absolute Gasteiger partial charge is 0.214 e. The van der Waals surface area contributed by atoms with E-state index in [9.17, 15) is 4.79 Å². The molecule has 0 spiro atoms. The topological polar surface area (TPSA) is 39.2 Å². The molecule has 1 heterocycles. The third-order valence-corrected chi connectivity index (χ3v) is 2.59. The van der Waals surface area contributed by atoms with E-state index < -0.39 is 0 Å². The van der Waals surface area contributed by atoms with Crippen LogP contribution in [0.3, 0.4) is 0 Å². The molecule has 0 N–H and O–H groups in total. The summed E-state index contributed by atoms with van der Waals surface area (Å²) in [6.45, 7) is 7.99. The highest BCUT2D eigenvalue weighted by Gasteiger charge is 2.03. The minimum absolute atomic E-state index is 0.0595. The monoisotopic (exact) mass is 271 g/mol. The summed E-state index contributed by atoms with van der Waals surface area (Å²) >= 11 is 0. The molecule has 1 aromatic heterocycles. The molecule has 20 heavy (non-hydrogen) atoms. The van der Waals surface area contributed by atoms with Gasteiger partial charge in [0.15, 0.2) is 5.78 Å². The molecule has 0 atom stereocenters. The van der Waals surface area contributed by atoms with Gasteiger partial charge in [-0.05, 0) is 18.6 Å². The first-order valence-electron chi connectivity index (χ1n) is 6.81. The average Bonchev–Trinajstić information content (AvgIpc) is 2.49. The van der Waals surface area contributed by atoms with Gasteiger partial charge in [0.05, 0.1) is 0 Å². The summed E-state index contributed by atoms with van der Waals surface area (Å²) in [6.07, 6.45) is 0. The Balaban J connectivity index is 0.000000956. The van der Waals surface area contributed by atoms with Crippen molar-refractivity contribution in [1.29, 1.82) is 0 Å². The fraction of sp³-hybridized carbons (Fsp3) is 0.294. The van der Waals surface area contributed by atoms with Crippen molar-refractivity contribution in [2.24, 2.45) is 0 Å². The predicted molar refractivity (Wildman–Crippen MR) is 81.1 cm³/mol. The van der Waals surface area contributed by atoms with Crippen LogP contribution in [0.5, 0.6) is 5.88 Å². The number of benzene rings is 1. The van der Waals surface area contributed by atoms with Gasteiger partial charge in [-0.25, -0.2) is 4.98 Å². The van der Waals surface area contributed by atoms with Crippen LogP contribution in [0, 0.1) is 6.92 Å². The molecule has 0 aliphatic carbocycles. The number of ketones is 1. The second kappa shape index (κ2) is 8.10. The third kappa shape index (κ3) is 4.84. The lowest BCUT2D eigenvalue weighted by Crippen LogP contribution is -2.01. The van der Waals surface area contributed by atoms with Crippen LogP contribution in [0.25, 0.3) is 0 Å². The highest BCUT2D eigenvalue weighted by atomic mass is 16.5. The summed E-state index contributed by atoms with van der Waals surface area (Å²) in [4.78, 5) is 15.3. The van der Waals surface area contributed by atoms with Gasteiger partial charge in [-0.2, -0.15) is 0 Å². The van der Waals surface area contributed by atoms with Gasteiger partial charge in [0.1, 0.15) is 12.3 Å². The number of carbonyl (C=O) groups is 1. The molecule has 3 nitrogen and oxygen atoms in total. The predicted octanol–water partition coefficient (Wildman–Crippen LogP) is 4.20. The Morgan fingerprint density at radius 2 is 1.75 bits per heavy atom. The van der Waals surface area contributed by atoms with Crippen LogP contribution in [0.2, 0.25) is 0 Å². The lowest BCUT2D eigenvalue weighted by atomic mass is 10.2.